The minimum Gasteiger partial charge on any atom is -0.300 e. The molecule has 0 saturated heterocycles. The van der Waals surface area contributed by atoms with Crippen molar-refractivity contribution < 1.29 is 4.84 Å². The van der Waals surface area contributed by atoms with Crippen molar-refractivity contribution in [3.05, 3.63) is 35.4 Å². The lowest BCUT2D eigenvalue weighted by Gasteiger charge is -2.19. The summed E-state index contributed by atoms with van der Waals surface area (Å²) in [6, 6.07) is 8.31. The van der Waals surface area contributed by atoms with Crippen LogP contribution in [0.5, 0.6) is 0 Å². The molecule has 1 rings (SSSR count). The zero-order chi connectivity index (χ0) is 9.90. The van der Waals surface area contributed by atoms with E-state index in [4.69, 9.17) is 5.90 Å². The minimum absolute atomic E-state index is 0.185. The van der Waals surface area contributed by atoms with E-state index in [9.17, 15) is 0 Å². The summed E-state index contributed by atoms with van der Waals surface area (Å²) < 4.78 is 0. The van der Waals surface area contributed by atoms with Crippen molar-refractivity contribution in [2.75, 3.05) is 0 Å². The summed E-state index contributed by atoms with van der Waals surface area (Å²) in [4.78, 5) is 4.60. The fourth-order valence-corrected chi connectivity index (χ4v) is 1.22. The smallest absolute Gasteiger partial charge is 0.0930 e. The van der Waals surface area contributed by atoms with Crippen LogP contribution in [0.25, 0.3) is 0 Å². The molecule has 2 nitrogen and oxygen atoms in total. The Bertz CT molecular complexity index is 276. The first-order valence-corrected chi connectivity index (χ1v) is 4.45. The third-order valence-electron chi connectivity index (χ3n) is 2.04. The molecular formula is C11H17NO. The van der Waals surface area contributed by atoms with E-state index in [-0.39, 0.29) is 5.41 Å². The van der Waals surface area contributed by atoms with E-state index in [1.807, 2.05) is 12.1 Å². The highest BCUT2D eigenvalue weighted by molar-refractivity contribution is 5.28. The van der Waals surface area contributed by atoms with Gasteiger partial charge in [-0.3, -0.25) is 4.84 Å². The van der Waals surface area contributed by atoms with Crippen molar-refractivity contribution in [1.29, 1.82) is 0 Å². The SMILES string of the molecule is CC(C)(C)c1cccc(CON)c1. The number of hydrogen-bond acceptors (Lipinski definition) is 2. The van der Waals surface area contributed by atoms with Crippen molar-refractivity contribution in [2.45, 2.75) is 32.8 Å². The van der Waals surface area contributed by atoms with Crippen LogP contribution in [0, 0.1) is 0 Å². The molecule has 0 aliphatic carbocycles. The predicted octanol–water partition coefficient (Wildman–Crippen LogP) is 2.37. The summed E-state index contributed by atoms with van der Waals surface area (Å²) in [5.41, 5.74) is 2.61. The lowest BCUT2D eigenvalue weighted by atomic mass is 9.86. The summed E-state index contributed by atoms with van der Waals surface area (Å²) in [7, 11) is 0. The third-order valence-corrected chi connectivity index (χ3v) is 2.04. The first-order chi connectivity index (χ1) is 6.04. The summed E-state index contributed by atoms with van der Waals surface area (Å²) in [5, 5.41) is 0. The Morgan fingerprint density at radius 3 is 2.54 bits per heavy atom. The molecule has 0 atom stereocenters. The molecule has 1 aromatic carbocycles. The summed E-state index contributed by atoms with van der Waals surface area (Å²) >= 11 is 0. The second-order valence-electron chi connectivity index (χ2n) is 4.26. The minimum atomic E-state index is 0.185. The van der Waals surface area contributed by atoms with Gasteiger partial charge >= 0.3 is 0 Å². The van der Waals surface area contributed by atoms with E-state index in [0.717, 1.165) is 5.56 Å². The maximum absolute atomic E-state index is 5.02. The Hall–Kier alpha value is -0.860. The second-order valence-corrected chi connectivity index (χ2v) is 4.26. The molecule has 72 valence electrons. The van der Waals surface area contributed by atoms with E-state index in [1.54, 1.807) is 0 Å². The molecule has 0 aliphatic rings. The van der Waals surface area contributed by atoms with Crippen LogP contribution >= 0.6 is 0 Å². The van der Waals surface area contributed by atoms with Crippen LogP contribution in [-0.4, -0.2) is 0 Å². The Kier molecular flexibility index (Phi) is 3.07. The van der Waals surface area contributed by atoms with E-state index in [0.29, 0.717) is 6.61 Å². The zero-order valence-electron chi connectivity index (χ0n) is 8.50. The van der Waals surface area contributed by atoms with E-state index in [2.05, 4.69) is 37.7 Å². The number of hydrogen-bond donors (Lipinski definition) is 1. The van der Waals surface area contributed by atoms with E-state index in [1.165, 1.54) is 5.56 Å². The molecule has 2 N–H and O–H groups in total. The van der Waals surface area contributed by atoms with Crippen molar-refractivity contribution in [2.24, 2.45) is 5.90 Å². The third kappa shape index (κ3) is 2.83. The summed E-state index contributed by atoms with van der Waals surface area (Å²) in [6.07, 6.45) is 0. The molecule has 0 bridgehead atoms. The first kappa shape index (κ1) is 10.2. The average Bonchev–Trinajstić information content (AvgIpc) is 2.04. The van der Waals surface area contributed by atoms with Crippen LogP contribution in [0.15, 0.2) is 24.3 Å². The van der Waals surface area contributed by atoms with Gasteiger partial charge in [0.05, 0.1) is 6.61 Å². The molecule has 0 fully saturated rings. The highest BCUT2D eigenvalue weighted by Gasteiger charge is 2.13. The van der Waals surface area contributed by atoms with Crippen LogP contribution in [0.2, 0.25) is 0 Å². The number of rotatable bonds is 2. The molecule has 1 aromatic rings. The maximum atomic E-state index is 5.02. The molecule has 0 aromatic heterocycles. The van der Waals surface area contributed by atoms with Crippen molar-refractivity contribution in [3.63, 3.8) is 0 Å². The summed E-state index contributed by atoms with van der Waals surface area (Å²) in [5.74, 6) is 5.02. The Morgan fingerprint density at radius 1 is 1.31 bits per heavy atom. The standard InChI is InChI=1S/C11H17NO/c1-11(2,3)10-6-4-5-9(7-10)8-13-12/h4-7H,8,12H2,1-3H3. The fourth-order valence-electron chi connectivity index (χ4n) is 1.22. The molecule has 13 heavy (non-hydrogen) atoms. The Balaban J connectivity index is 2.92. The normalized spacial score (nSPS) is 11.7. The number of nitrogens with two attached hydrogens (primary N) is 1. The van der Waals surface area contributed by atoms with Gasteiger partial charge in [0.25, 0.3) is 0 Å². The lowest BCUT2D eigenvalue weighted by Crippen LogP contribution is -2.11. The monoisotopic (exact) mass is 179 g/mol. The van der Waals surface area contributed by atoms with Crippen molar-refractivity contribution >= 4 is 0 Å². The van der Waals surface area contributed by atoms with Crippen molar-refractivity contribution in [3.8, 4) is 0 Å². The van der Waals surface area contributed by atoms with Crippen LogP contribution in [0.4, 0.5) is 0 Å². The predicted molar refractivity (Wildman–Crippen MR) is 54.1 cm³/mol. The molecule has 0 unspecified atom stereocenters. The van der Waals surface area contributed by atoms with Gasteiger partial charge in [-0.2, -0.15) is 0 Å². The maximum Gasteiger partial charge on any atom is 0.0930 e. The van der Waals surface area contributed by atoms with Gasteiger partial charge in [-0.15, -0.1) is 0 Å². The average molecular weight is 179 g/mol. The highest BCUT2D eigenvalue weighted by atomic mass is 16.6. The molecular weight excluding hydrogens is 162 g/mol. The first-order valence-electron chi connectivity index (χ1n) is 4.45. The topological polar surface area (TPSA) is 35.2 Å². The molecule has 0 radical (unpaired) electrons. The van der Waals surface area contributed by atoms with Crippen LogP contribution < -0.4 is 5.90 Å². The van der Waals surface area contributed by atoms with Gasteiger partial charge in [-0.25, -0.2) is 5.90 Å². The molecule has 2 heteroatoms. The van der Waals surface area contributed by atoms with Crippen LogP contribution in [-0.2, 0) is 16.9 Å². The van der Waals surface area contributed by atoms with E-state index >= 15 is 0 Å². The quantitative estimate of drug-likeness (QED) is 0.707. The van der Waals surface area contributed by atoms with Gasteiger partial charge in [-0.05, 0) is 16.5 Å². The molecule has 0 saturated carbocycles. The highest BCUT2D eigenvalue weighted by Crippen LogP contribution is 2.22. The largest absolute Gasteiger partial charge is 0.300 e. The van der Waals surface area contributed by atoms with Gasteiger partial charge in [0.15, 0.2) is 0 Å². The van der Waals surface area contributed by atoms with Gasteiger partial charge < -0.3 is 0 Å². The lowest BCUT2D eigenvalue weighted by molar-refractivity contribution is 0.124. The molecule has 0 aliphatic heterocycles. The van der Waals surface area contributed by atoms with Crippen LogP contribution in [0.3, 0.4) is 0 Å². The van der Waals surface area contributed by atoms with Crippen LogP contribution in [0.1, 0.15) is 31.9 Å². The van der Waals surface area contributed by atoms with Gasteiger partial charge in [0.2, 0.25) is 0 Å². The van der Waals surface area contributed by atoms with Gasteiger partial charge in [0.1, 0.15) is 0 Å². The Morgan fingerprint density at radius 2 is 2.00 bits per heavy atom. The second kappa shape index (κ2) is 3.90. The molecule has 0 heterocycles. The molecule has 0 spiro atoms. The zero-order valence-corrected chi connectivity index (χ0v) is 8.50. The van der Waals surface area contributed by atoms with Gasteiger partial charge in [-0.1, -0.05) is 45.0 Å². The van der Waals surface area contributed by atoms with Gasteiger partial charge in [0, 0.05) is 0 Å². The summed E-state index contributed by atoms with van der Waals surface area (Å²) in [6.45, 7) is 7.05. The Labute approximate surface area is 79.7 Å². The molecule has 0 amide bonds. The fraction of sp³-hybridized carbons (Fsp3) is 0.455. The van der Waals surface area contributed by atoms with Crippen molar-refractivity contribution in [1.82, 2.24) is 0 Å². The number of benzene rings is 1. The van der Waals surface area contributed by atoms with E-state index < -0.39 is 0 Å².